The minimum absolute atomic E-state index is 0.113. The molecule has 0 fully saturated rings. The number of anilines is 3. The van der Waals surface area contributed by atoms with Crippen molar-refractivity contribution < 1.29 is 18.3 Å². The van der Waals surface area contributed by atoms with E-state index in [9.17, 15) is 13.6 Å². The number of rotatable bonds is 7. The summed E-state index contributed by atoms with van der Waals surface area (Å²) in [5, 5.41) is 10.3. The predicted octanol–water partition coefficient (Wildman–Crippen LogP) is 2.71. The molecule has 0 spiro atoms. The number of fused-ring (bicyclic) bond motifs is 1. The topological polar surface area (TPSA) is 97.2 Å². The third kappa shape index (κ3) is 4.49. The number of likely N-dealkylation sites (N-methyl/N-ethyl adjacent to an activating group) is 1. The first-order valence-electron chi connectivity index (χ1n) is 10.4. The molecule has 4 rings (SSSR count). The van der Waals surface area contributed by atoms with Crippen molar-refractivity contribution in [3.63, 3.8) is 0 Å². The largest absolute Gasteiger partial charge is 0.379 e. The van der Waals surface area contributed by atoms with E-state index < -0.39 is 17.7 Å². The quantitative estimate of drug-likeness (QED) is 0.563. The summed E-state index contributed by atoms with van der Waals surface area (Å²) >= 11 is 0. The molecule has 0 aliphatic carbocycles. The van der Waals surface area contributed by atoms with Crippen molar-refractivity contribution in [1.82, 2.24) is 19.7 Å². The van der Waals surface area contributed by atoms with Gasteiger partial charge >= 0.3 is 0 Å². The van der Waals surface area contributed by atoms with E-state index in [1.54, 1.807) is 38.4 Å². The van der Waals surface area contributed by atoms with Crippen LogP contribution in [-0.4, -0.2) is 52.0 Å². The van der Waals surface area contributed by atoms with E-state index in [4.69, 9.17) is 4.74 Å². The van der Waals surface area contributed by atoms with Crippen LogP contribution in [0.5, 0.6) is 0 Å². The Balaban J connectivity index is 1.48. The number of hydrogen-bond acceptors (Lipinski definition) is 7. The van der Waals surface area contributed by atoms with Gasteiger partial charge in [0, 0.05) is 38.0 Å². The Labute approximate surface area is 189 Å². The summed E-state index contributed by atoms with van der Waals surface area (Å²) in [6.45, 7) is 4.11. The Bertz CT molecular complexity index is 1180. The van der Waals surface area contributed by atoms with Gasteiger partial charge in [0.2, 0.25) is 11.9 Å². The number of nitrogens with one attached hydrogen (secondary N) is 2. The summed E-state index contributed by atoms with van der Waals surface area (Å²) in [5.41, 5.74) is 2.23. The summed E-state index contributed by atoms with van der Waals surface area (Å²) in [6, 6.07) is 3.55. The third-order valence-corrected chi connectivity index (χ3v) is 5.66. The van der Waals surface area contributed by atoms with Crippen LogP contribution in [0.4, 0.5) is 26.2 Å². The maximum Gasteiger partial charge on any atom is 0.249 e. The van der Waals surface area contributed by atoms with E-state index in [0.29, 0.717) is 29.7 Å². The molecule has 3 heterocycles. The molecule has 11 heteroatoms. The standard InChI is InChI=1S/C22H25F2N7O2/c1-12-18-20(30(3)19(13(2)33-4)21(32)28-18)29-22(27-12)25-8-14-9-26-31(10-14)11-15-6-5-7-16(23)17(15)24/h5-7,9-10,13,19H,8,11H2,1-4H3,(H,28,32)(H,25,27,29)/t13-,19+/m1/s1. The van der Waals surface area contributed by atoms with E-state index in [1.165, 1.54) is 16.8 Å². The summed E-state index contributed by atoms with van der Waals surface area (Å²) in [4.78, 5) is 23.3. The second-order valence-electron chi connectivity index (χ2n) is 7.93. The monoisotopic (exact) mass is 457 g/mol. The van der Waals surface area contributed by atoms with Gasteiger partial charge in [0.25, 0.3) is 0 Å². The van der Waals surface area contributed by atoms with Gasteiger partial charge in [-0.2, -0.15) is 10.1 Å². The maximum absolute atomic E-state index is 13.9. The van der Waals surface area contributed by atoms with Crippen LogP contribution in [0.1, 0.15) is 23.7 Å². The fraction of sp³-hybridized carbons (Fsp3) is 0.364. The lowest BCUT2D eigenvalue weighted by atomic mass is 10.1. The van der Waals surface area contributed by atoms with Gasteiger partial charge in [-0.3, -0.25) is 9.48 Å². The SMILES string of the molecule is CO[C@H](C)[C@H]1C(=O)Nc2c(C)nc(NCc3cnn(Cc4cccc(F)c4F)c3)nc2N1C. The molecule has 9 nitrogen and oxygen atoms in total. The number of amides is 1. The highest BCUT2D eigenvalue weighted by Gasteiger charge is 2.37. The first-order chi connectivity index (χ1) is 15.8. The molecular formula is C22H25F2N7O2. The first-order valence-corrected chi connectivity index (χ1v) is 10.4. The second-order valence-corrected chi connectivity index (χ2v) is 7.93. The second kappa shape index (κ2) is 9.10. The molecule has 0 bridgehead atoms. The molecule has 0 saturated heterocycles. The number of halogens is 2. The van der Waals surface area contributed by atoms with E-state index >= 15 is 0 Å². The molecule has 1 aromatic carbocycles. The van der Waals surface area contributed by atoms with Gasteiger partial charge in [0.1, 0.15) is 11.7 Å². The zero-order chi connectivity index (χ0) is 23.7. The number of aryl methyl sites for hydroxylation is 1. The lowest BCUT2D eigenvalue weighted by Gasteiger charge is -2.37. The lowest BCUT2D eigenvalue weighted by Crippen LogP contribution is -2.53. The maximum atomic E-state index is 13.9. The first kappa shape index (κ1) is 22.6. The van der Waals surface area contributed by atoms with Gasteiger partial charge < -0.3 is 20.3 Å². The molecule has 2 aromatic heterocycles. The molecule has 33 heavy (non-hydrogen) atoms. The van der Waals surface area contributed by atoms with Crippen molar-refractivity contribution in [2.45, 2.75) is 39.1 Å². The molecule has 0 unspecified atom stereocenters. The van der Waals surface area contributed by atoms with Crippen molar-refractivity contribution in [3.8, 4) is 0 Å². The van der Waals surface area contributed by atoms with Crippen LogP contribution in [0, 0.1) is 18.6 Å². The number of ether oxygens (including phenoxy) is 1. The Morgan fingerprint density at radius 2 is 2.09 bits per heavy atom. The van der Waals surface area contributed by atoms with Crippen LogP contribution in [0.2, 0.25) is 0 Å². The van der Waals surface area contributed by atoms with E-state index in [2.05, 4.69) is 25.7 Å². The summed E-state index contributed by atoms with van der Waals surface area (Å²) < 4.78 is 34.2. The Morgan fingerprint density at radius 1 is 1.30 bits per heavy atom. The number of aromatic nitrogens is 4. The third-order valence-electron chi connectivity index (χ3n) is 5.66. The van der Waals surface area contributed by atoms with Gasteiger partial charge in [-0.05, 0) is 19.9 Å². The number of carbonyl (C=O) groups is 1. The molecule has 1 aliphatic rings. The minimum Gasteiger partial charge on any atom is -0.379 e. The lowest BCUT2D eigenvalue weighted by molar-refractivity contribution is -0.120. The van der Waals surface area contributed by atoms with Gasteiger partial charge in [0.05, 0.1) is 24.5 Å². The Morgan fingerprint density at radius 3 is 2.85 bits per heavy atom. The highest BCUT2D eigenvalue weighted by Crippen LogP contribution is 2.33. The van der Waals surface area contributed by atoms with E-state index in [0.717, 1.165) is 11.6 Å². The molecule has 174 valence electrons. The average Bonchev–Trinajstić information content (AvgIpc) is 3.23. The van der Waals surface area contributed by atoms with Gasteiger partial charge in [-0.15, -0.1) is 0 Å². The van der Waals surface area contributed by atoms with Crippen LogP contribution in [0.3, 0.4) is 0 Å². The molecular weight excluding hydrogens is 432 g/mol. The predicted molar refractivity (Wildman–Crippen MR) is 119 cm³/mol. The molecule has 1 aliphatic heterocycles. The summed E-state index contributed by atoms with van der Waals surface area (Å²) in [7, 11) is 3.35. The van der Waals surface area contributed by atoms with E-state index in [-0.39, 0.29) is 24.1 Å². The van der Waals surface area contributed by atoms with Crippen LogP contribution in [0.15, 0.2) is 30.6 Å². The number of carbonyl (C=O) groups excluding carboxylic acids is 1. The van der Waals surface area contributed by atoms with Crippen LogP contribution in [0.25, 0.3) is 0 Å². The molecule has 2 atom stereocenters. The summed E-state index contributed by atoms with van der Waals surface area (Å²) in [6.07, 6.45) is 3.05. The summed E-state index contributed by atoms with van der Waals surface area (Å²) in [5.74, 6) is -0.945. The highest BCUT2D eigenvalue weighted by molar-refractivity contribution is 6.03. The molecule has 0 saturated carbocycles. The minimum atomic E-state index is -0.884. The molecule has 0 radical (unpaired) electrons. The normalized spacial score (nSPS) is 16.4. The number of methoxy groups -OCH3 is 1. The van der Waals surface area contributed by atoms with Gasteiger partial charge in [-0.1, -0.05) is 12.1 Å². The van der Waals surface area contributed by atoms with Crippen LogP contribution < -0.4 is 15.5 Å². The number of benzene rings is 1. The Hall–Kier alpha value is -3.60. The van der Waals surface area contributed by atoms with Gasteiger partial charge in [-0.25, -0.2) is 13.8 Å². The average molecular weight is 457 g/mol. The van der Waals surface area contributed by atoms with Crippen molar-refractivity contribution in [3.05, 3.63) is 59.0 Å². The van der Waals surface area contributed by atoms with Crippen LogP contribution in [-0.2, 0) is 22.6 Å². The zero-order valence-corrected chi connectivity index (χ0v) is 18.8. The smallest absolute Gasteiger partial charge is 0.249 e. The fourth-order valence-electron chi connectivity index (χ4n) is 3.81. The van der Waals surface area contributed by atoms with Crippen molar-refractivity contribution >= 4 is 23.4 Å². The van der Waals surface area contributed by atoms with Crippen molar-refractivity contribution in [2.24, 2.45) is 0 Å². The zero-order valence-electron chi connectivity index (χ0n) is 18.8. The van der Waals surface area contributed by atoms with Gasteiger partial charge in [0.15, 0.2) is 17.5 Å². The van der Waals surface area contributed by atoms with Crippen LogP contribution >= 0.6 is 0 Å². The van der Waals surface area contributed by atoms with Crippen molar-refractivity contribution in [2.75, 3.05) is 29.7 Å². The van der Waals surface area contributed by atoms with Crippen molar-refractivity contribution in [1.29, 1.82) is 0 Å². The fourth-order valence-corrected chi connectivity index (χ4v) is 3.81. The van der Waals surface area contributed by atoms with E-state index in [1.807, 2.05) is 6.92 Å². The molecule has 2 N–H and O–H groups in total. The molecule has 3 aromatic rings. The number of hydrogen-bond donors (Lipinski definition) is 2. The number of nitrogens with zero attached hydrogens (tertiary/aromatic N) is 5. The Kier molecular flexibility index (Phi) is 6.23. The highest BCUT2D eigenvalue weighted by atomic mass is 19.2. The molecule has 1 amide bonds.